The van der Waals surface area contributed by atoms with E-state index in [9.17, 15) is 10.2 Å². The van der Waals surface area contributed by atoms with Crippen LogP contribution < -0.4 is 15.4 Å². The second-order valence-electron chi connectivity index (χ2n) is 10.2. The van der Waals surface area contributed by atoms with Gasteiger partial charge < -0.3 is 25.6 Å². The van der Waals surface area contributed by atoms with Gasteiger partial charge in [0.05, 0.1) is 18.3 Å². The highest BCUT2D eigenvalue weighted by molar-refractivity contribution is 5.28. The molecule has 3 rings (SSSR count). The highest BCUT2D eigenvalue weighted by atomic mass is 16.5. The Balaban J connectivity index is 1.59. The molecule has 0 aromatic heterocycles. The van der Waals surface area contributed by atoms with Gasteiger partial charge >= 0.3 is 0 Å². The predicted octanol–water partition coefficient (Wildman–Crippen LogP) is 3.27. The molecule has 5 nitrogen and oxygen atoms in total. The highest BCUT2D eigenvalue weighted by Crippen LogP contribution is 2.38. The van der Waals surface area contributed by atoms with Gasteiger partial charge in [-0.15, -0.1) is 0 Å². The van der Waals surface area contributed by atoms with E-state index in [0.29, 0.717) is 12.5 Å². The normalized spacial score (nSPS) is 29.5. The third-order valence-electron chi connectivity index (χ3n) is 7.68. The summed E-state index contributed by atoms with van der Waals surface area (Å²) < 4.78 is 5.23. The number of rotatable bonds is 9. The predicted molar refractivity (Wildman–Crippen MR) is 122 cm³/mol. The molecule has 4 unspecified atom stereocenters. The molecule has 0 saturated carbocycles. The van der Waals surface area contributed by atoms with Gasteiger partial charge in [-0.1, -0.05) is 32.9 Å². The standard InChI is InChI=1S/C25H42N2O3/c1-17(2)25(29,23-7-6-14-26-23)18(3)15-20-10-13-22(27-20)24(4,28)16-19-8-11-21(30-5)12-9-19/h8-9,11-12,17-18,20,22-23,26-29H,6-7,10,13-16H2,1-5H3/t18?,20?,22-,23?,24+,25?/m0/s1. The first-order valence-electron chi connectivity index (χ1n) is 11.7. The van der Waals surface area contributed by atoms with Gasteiger partial charge in [0.2, 0.25) is 0 Å². The van der Waals surface area contributed by atoms with Crippen molar-refractivity contribution in [2.45, 2.75) is 95.5 Å². The number of aliphatic hydroxyl groups is 2. The van der Waals surface area contributed by atoms with Crippen molar-refractivity contribution < 1.29 is 14.9 Å². The molecule has 4 N–H and O–H groups in total. The van der Waals surface area contributed by atoms with Crippen LogP contribution in [0.5, 0.6) is 5.75 Å². The molecule has 6 atom stereocenters. The van der Waals surface area contributed by atoms with Crippen LogP contribution in [-0.2, 0) is 6.42 Å². The van der Waals surface area contributed by atoms with Crippen LogP contribution in [0.25, 0.3) is 0 Å². The number of hydrogen-bond acceptors (Lipinski definition) is 5. The molecular weight excluding hydrogens is 376 g/mol. The Hall–Kier alpha value is -1.14. The van der Waals surface area contributed by atoms with Crippen molar-refractivity contribution >= 4 is 0 Å². The third kappa shape index (κ3) is 5.01. The van der Waals surface area contributed by atoms with Gasteiger partial charge in [0.1, 0.15) is 5.75 Å². The van der Waals surface area contributed by atoms with E-state index in [0.717, 1.165) is 50.0 Å². The van der Waals surface area contributed by atoms with E-state index in [4.69, 9.17) is 4.74 Å². The van der Waals surface area contributed by atoms with Crippen molar-refractivity contribution in [2.75, 3.05) is 13.7 Å². The Labute approximate surface area is 182 Å². The summed E-state index contributed by atoms with van der Waals surface area (Å²) in [6.07, 6.45) is 5.74. The van der Waals surface area contributed by atoms with Gasteiger partial charge in [0.25, 0.3) is 0 Å². The molecule has 0 amide bonds. The van der Waals surface area contributed by atoms with Crippen molar-refractivity contribution in [2.24, 2.45) is 11.8 Å². The van der Waals surface area contributed by atoms with E-state index in [1.165, 1.54) is 0 Å². The summed E-state index contributed by atoms with van der Waals surface area (Å²) in [5.74, 6) is 1.23. The maximum Gasteiger partial charge on any atom is 0.118 e. The smallest absolute Gasteiger partial charge is 0.118 e. The zero-order valence-corrected chi connectivity index (χ0v) is 19.4. The van der Waals surface area contributed by atoms with Crippen LogP contribution in [0, 0.1) is 11.8 Å². The van der Waals surface area contributed by atoms with E-state index in [2.05, 4.69) is 31.4 Å². The zero-order valence-electron chi connectivity index (χ0n) is 19.4. The van der Waals surface area contributed by atoms with Crippen molar-refractivity contribution in [3.05, 3.63) is 29.8 Å². The van der Waals surface area contributed by atoms with Crippen LogP contribution in [-0.4, -0.2) is 53.2 Å². The van der Waals surface area contributed by atoms with E-state index in [1.807, 2.05) is 31.2 Å². The largest absolute Gasteiger partial charge is 0.497 e. The van der Waals surface area contributed by atoms with Crippen LogP contribution >= 0.6 is 0 Å². The van der Waals surface area contributed by atoms with Gasteiger partial charge in [-0.2, -0.15) is 0 Å². The summed E-state index contributed by atoms with van der Waals surface area (Å²) in [6, 6.07) is 8.53. The molecule has 2 aliphatic heterocycles. The molecule has 0 bridgehead atoms. The first-order valence-corrected chi connectivity index (χ1v) is 11.7. The number of methoxy groups -OCH3 is 1. The monoisotopic (exact) mass is 418 g/mol. The lowest BCUT2D eigenvalue weighted by atomic mass is 9.71. The summed E-state index contributed by atoms with van der Waals surface area (Å²) in [4.78, 5) is 0. The zero-order chi connectivity index (χ0) is 21.9. The maximum absolute atomic E-state index is 11.6. The summed E-state index contributed by atoms with van der Waals surface area (Å²) in [6.45, 7) is 9.42. The molecule has 0 aliphatic carbocycles. The van der Waals surface area contributed by atoms with Gasteiger partial charge in [-0.25, -0.2) is 0 Å². The Morgan fingerprint density at radius 1 is 1.07 bits per heavy atom. The van der Waals surface area contributed by atoms with E-state index < -0.39 is 11.2 Å². The van der Waals surface area contributed by atoms with Gasteiger partial charge in [0.15, 0.2) is 0 Å². The first-order chi connectivity index (χ1) is 14.2. The third-order valence-corrected chi connectivity index (χ3v) is 7.68. The van der Waals surface area contributed by atoms with E-state index in [-0.39, 0.29) is 23.9 Å². The average molecular weight is 419 g/mol. The lowest BCUT2D eigenvalue weighted by molar-refractivity contribution is -0.0832. The first kappa shape index (κ1) is 23.5. The quantitative estimate of drug-likeness (QED) is 0.495. The summed E-state index contributed by atoms with van der Waals surface area (Å²) in [7, 11) is 1.66. The van der Waals surface area contributed by atoms with Crippen molar-refractivity contribution in [3.8, 4) is 5.75 Å². The van der Waals surface area contributed by atoms with Gasteiger partial charge in [-0.05, 0) is 75.1 Å². The van der Waals surface area contributed by atoms with Crippen molar-refractivity contribution in [3.63, 3.8) is 0 Å². The van der Waals surface area contributed by atoms with Crippen LogP contribution in [0.4, 0.5) is 0 Å². The van der Waals surface area contributed by atoms with Gasteiger partial charge in [-0.3, -0.25) is 0 Å². The highest BCUT2D eigenvalue weighted by Gasteiger charge is 2.47. The molecular formula is C25H42N2O3. The molecule has 2 aliphatic rings. The second kappa shape index (κ2) is 9.56. The molecule has 1 aromatic carbocycles. The van der Waals surface area contributed by atoms with Crippen molar-refractivity contribution in [1.29, 1.82) is 0 Å². The molecule has 5 heteroatoms. The second-order valence-corrected chi connectivity index (χ2v) is 10.2. The van der Waals surface area contributed by atoms with Crippen LogP contribution in [0.15, 0.2) is 24.3 Å². The Bertz CT molecular complexity index is 669. The molecule has 2 heterocycles. The molecule has 0 spiro atoms. The fourth-order valence-corrected chi connectivity index (χ4v) is 5.78. The van der Waals surface area contributed by atoms with Gasteiger partial charge in [0, 0.05) is 24.5 Å². The average Bonchev–Trinajstić information content (AvgIpc) is 3.40. The minimum Gasteiger partial charge on any atom is -0.497 e. The molecule has 30 heavy (non-hydrogen) atoms. The van der Waals surface area contributed by atoms with E-state index >= 15 is 0 Å². The van der Waals surface area contributed by atoms with Crippen LogP contribution in [0.1, 0.15) is 65.4 Å². The Morgan fingerprint density at radius 3 is 2.33 bits per heavy atom. The topological polar surface area (TPSA) is 73.8 Å². The fraction of sp³-hybridized carbons (Fsp3) is 0.760. The lowest BCUT2D eigenvalue weighted by Gasteiger charge is -2.44. The minimum absolute atomic E-state index is 0.0635. The maximum atomic E-state index is 11.6. The Kier molecular flexibility index (Phi) is 7.49. The molecule has 1 aromatic rings. The van der Waals surface area contributed by atoms with Crippen molar-refractivity contribution in [1.82, 2.24) is 10.6 Å². The minimum atomic E-state index is -0.812. The summed E-state index contributed by atoms with van der Waals surface area (Å²) >= 11 is 0. The molecule has 170 valence electrons. The number of nitrogens with one attached hydrogen (secondary N) is 2. The number of hydrogen-bond donors (Lipinski definition) is 4. The molecule has 2 fully saturated rings. The Morgan fingerprint density at radius 2 is 1.77 bits per heavy atom. The summed E-state index contributed by atoms with van der Waals surface area (Å²) in [5.41, 5.74) is -0.392. The number of ether oxygens (including phenoxy) is 1. The van der Waals surface area contributed by atoms with Crippen LogP contribution in [0.2, 0.25) is 0 Å². The fourth-order valence-electron chi connectivity index (χ4n) is 5.78. The number of benzene rings is 1. The van der Waals surface area contributed by atoms with Crippen LogP contribution in [0.3, 0.4) is 0 Å². The summed E-state index contributed by atoms with van der Waals surface area (Å²) in [5, 5.41) is 30.1. The SMILES string of the molecule is COc1ccc(C[C@@](C)(O)[C@@H]2CCC(CC(C)C(O)(C(C)C)C3CCCN3)N2)cc1. The molecule has 2 saturated heterocycles. The lowest BCUT2D eigenvalue weighted by Crippen LogP contribution is -2.57. The van der Waals surface area contributed by atoms with E-state index in [1.54, 1.807) is 7.11 Å². The molecule has 0 radical (unpaired) electrons.